The van der Waals surface area contributed by atoms with Gasteiger partial charge in [-0.3, -0.25) is 0 Å². The average molecular weight is 810 g/mol. The minimum absolute atomic E-state index is 0.879. The molecule has 10 aromatic carbocycles. The van der Waals surface area contributed by atoms with Crippen molar-refractivity contribution in [2.75, 3.05) is 4.90 Å². The highest BCUT2D eigenvalue weighted by Gasteiger charge is 2.24. The Morgan fingerprint density at radius 3 is 1.61 bits per heavy atom. The number of hydrogen-bond acceptors (Lipinski definition) is 4. The Balaban J connectivity index is 1.02. The molecule has 0 spiro atoms. The molecule has 13 rings (SSSR count). The molecule has 0 N–H and O–H groups in total. The quantitative estimate of drug-likeness (QED) is 0.168. The van der Waals surface area contributed by atoms with Gasteiger partial charge in [0, 0.05) is 54.0 Å². The Bertz CT molecular complexity index is 3870. The molecule has 13 aromatic rings. The number of rotatable bonds is 6. The van der Waals surface area contributed by atoms with Crippen molar-refractivity contribution >= 4 is 103 Å². The summed E-state index contributed by atoms with van der Waals surface area (Å²) in [6.45, 7) is 0. The van der Waals surface area contributed by atoms with Crippen LogP contribution in [-0.2, 0) is 0 Å². The third kappa shape index (κ3) is 5.58. The zero-order chi connectivity index (χ0) is 40.7. The van der Waals surface area contributed by atoms with Crippen LogP contribution >= 0.6 is 11.3 Å². The molecule has 0 aliphatic carbocycles. The van der Waals surface area contributed by atoms with Gasteiger partial charge in [0.1, 0.15) is 22.3 Å². The van der Waals surface area contributed by atoms with Gasteiger partial charge in [-0.1, -0.05) is 140 Å². The Morgan fingerprint density at radius 1 is 0.323 bits per heavy atom. The summed E-state index contributed by atoms with van der Waals surface area (Å²) in [6.07, 6.45) is 0. The van der Waals surface area contributed by atoms with Crippen molar-refractivity contribution in [1.29, 1.82) is 0 Å². The van der Waals surface area contributed by atoms with E-state index < -0.39 is 0 Å². The summed E-state index contributed by atoms with van der Waals surface area (Å²) < 4.78 is 15.2. The van der Waals surface area contributed by atoms with Gasteiger partial charge in [-0.25, -0.2) is 0 Å². The van der Waals surface area contributed by atoms with Gasteiger partial charge in [0.2, 0.25) is 0 Å². The van der Waals surface area contributed by atoms with Crippen molar-refractivity contribution in [3.05, 3.63) is 212 Å². The van der Waals surface area contributed by atoms with Crippen LogP contribution in [0.2, 0.25) is 0 Å². The van der Waals surface area contributed by atoms with E-state index in [0.29, 0.717) is 0 Å². The second kappa shape index (κ2) is 13.8. The summed E-state index contributed by atoms with van der Waals surface area (Å²) in [4.78, 5) is 2.45. The second-order valence-electron chi connectivity index (χ2n) is 16.0. The van der Waals surface area contributed by atoms with Crippen LogP contribution in [0.1, 0.15) is 0 Å². The predicted molar refractivity (Wildman–Crippen MR) is 262 cm³/mol. The summed E-state index contributed by atoms with van der Waals surface area (Å²) in [6, 6.07) is 76.5. The van der Waals surface area contributed by atoms with Crippen molar-refractivity contribution in [1.82, 2.24) is 0 Å². The first-order valence-corrected chi connectivity index (χ1v) is 21.8. The van der Waals surface area contributed by atoms with Crippen LogP contribution in [0.15, 0.2) is 221 Å². The first-order valence-electron chi connectivity index (χ1n) is 21.0. The zero-order valence-electron chi connectivity index (χ0n) is 33.4. The summed E-state index contributed by atoms with van der Waals surface area (Å²) in [5, 5.41) is 9.47. The van der Waals surface area contributed by atoms with Crippen molar-refractivity contribution < 1.29 is 8.83 Å². The van der Waals surface area contributed by atoms with Gasteiger partial charge in [-0.05, 0) is 111 Å². The Hall–Kier alpha value is -7.92. The zero-order valence-corrected chi connectivity index (χ0v) is 34.2. The van der Waals surface area contributed by atoms with E-state index >= 15 is 0 Å². The minimum atomic E-state index is 0.879. The molecule has 3 nitrogen and oxygen atoms in total. The van der Waals surface area contributed by atoms with Crippen LogP contribution in [0.4, 0.5) is 17.1 Å². The van der Waals surface area contributed by atoms with Crippen LogP contribution in [-0.4, -0.2) is 0 Å². The summed E-state index contributed by atoms with van der Waals surface area (Å²) in [5.41, 5.74) is 13.7. The molecule has 0 aliphatic rings. The van der Waals surface area contributed by atoms with E-state index in [2.05, 4.69) is 193 Å². The number of nitrogens with zero attached hydrogens (tertiary/aromatic N) is 1. The number of benzene rings is 10. The molecule has 4 heteroatoms. The highest BCUT2D eigenvalue weighted by Crippen LogP contribution is 2.50. The first-order chi connectivity index (χ1) is 30.7. The van der Waals surface area contributed by atoms with Gasteiger partial charge >= 0.3 is 0 Å². The van der Waals surface area contributed by atoms with Gasteiger partial charge < -0.3 is 13.7 Å². The molecule has 0 bridgehead atoms. The number of thiophene rings is 1. The monoisotopic (exact) mass is 809 g/mol. The lowest BCUT2D eigenvalue weighted by Gasteiger charge is -2.29. The van der Waals surface area contributed by atoms with Crippen LogP contribution in [0.3, 0.4) is 0 Å². The number of anilines is 3. The van der Waals surface area contributed by atoms with Crippen LogP contribution in [0.5, 0.6) is 0 Å². The fraction of sp³-hybridized carbons (Fsp3) is 0. The first kappa shape index (κ1) is 34.9. The van der Waals surface area contributed by atoms with E-state index in [9.17, 15) is 0 Å². The Morgan fingerprint density at radius 2 is 0.855 bits per heavy atom. The maximum atomic E-state index is 6.49. The van der Waals surface area contributed by atoms with Gasteiger partial charge in [0.05, 0.1) is 10.4 Å². The topological polar surface area (TPSA) is 29.5 Å². The highest BCUT2D eigenvalue weighted by molar-refractivity contribution is 7.26. The average Bonchev–Trinajstić information content (AvgIpc) is 4.03. The molecule has 0 radical (unpaired) electrons. The molecule has 0 atom stereocenters. The predicted octanol–water partition coefficient (Wildman–Crippen LogP) is 17.5. The molecular formula is C58H35NO2S. The number of para-hydroxylation sites is 2. The highest BCUT2D eigenvalue weighted by atomic mass is 32.1. The van der Waals surface area contributed by atoms with E-state index in [1.807, 2.05) is 35.6 Å². The molecule has 3 heterocycles. The molecule has 0 amide bonds. The molecule has 0 unspecified atom stereocenters. The Kier molecular flexibility index (Phi) is 7.78. The molecule has 0 saturated heterocycles. The van der Waals surface area contributed by atoms with Crippen molar-refractivity contribution in [3.8, 4) is 33.4 Å². The largest absolute Gasteiger partial charge is 0.456 e. The third-order valence-electron chi connectivity index (χ3n) is 12.5. The molecular weight excluding hydrogens is 775 g/mol. The molecule has 62 heavy (non-hydrogen) atoms. The van der Waals surface area contributed by atoms with Crippen molar-refractivity contribution in [2.45, 2.75) is 0 Å². The lowest BCUT2D eigenvalue weighted by atomic mass is 9.97. The number of fused-ring (bicyclic) bond motifs is 10. The third-order valence-corrected chi connectivity index (χ3v) is 13.7. The molecule has 3 aromatic heterocycles. The van der Waals surface area contributed by atoms with E-state index in [0.717, 1.165) is 83.2 Å². The van der Waals surface area contributed by atoms with Gasteiger partial charge in [0.25, 0.3) is 0 Å². The maximum Gasteiger partial charge on any atom is 0.136 e. The lowest BCUT2D eigenvalue weighted by Crippen LogP contribution is -2.11. The fourth-order valence-corrected chi connectivity index (χ4v) is 10.7. The van der Waals surface area contributed by atoms with E-state index in [1.54, 1.807) is 0 Å². The second-order valence-corrected chi connectivity index (χ2v) is 17.1. The van der Waals surface area contributed by atoms with E-state index in [1.165, 1.54) is 42.1 Å². The van der Waals surface area contributed by atoms with Crippen molar-refractivity contribution in [3.63, 3.8) is 0 Å². The molecule has 290 valence electrons. The molecule has 0 fully saturated rings. The fourth-order valence-electron chi connectivity index (χ4n) is 9.41. The SMILES string of the molecule is c1ccc2cc(-c3ccc(N(c4ccc(-c5ccc6oc7ccccc7c6c5)cc4)c4c(-c5ccc6c(c5)oc5ccccc56)ccc5c4sc4ccccc45)cc3)ccc2c1. The summed E-state index contributed by atoms with van der Waals surface area (Å²) in [7, 11) is 0. The van der Waals surface area contributed by atoms with Gasteiger partial charge in [0.15, 0.2) is 0 Å². The summed E-state index contributed by atoms with van der Waals surface area (Å²) in [5.74, 6) is 0. The smallest absolute Gasteiger partial charge is 0.136 e. The van der Waals surface area contributed by atoms with Gasteiger partial charge in [-0.15, -0.1) is 11.3 Å². The van der Waals surface area contributed by atoms with Crippen molar-refractivity contribution in [2.24, 2.45) is 0 Å². The Labute approximate surface area is 360 Å². The van der Waals surface area contributed by atoms with Crippen LogP contribution in [0.25, 0.3) is 108 Å². The van der Waals surface area contributed by atoms with E-state index in [-0.39, 0.29) is 0 Å². The van der Waals surface area contributed by atoms with E-state index in [4.69, 9.17) is 8.83 Å². The summed E-state index contributed by atoms with van der Waals surface area (Å²) >= 11 is 1.85. The molecule has 0 saturated carbocycles. The number of hydrogen-bond donors (Lipinski definition) is 0. The van der Waals surface area contributed by atoms with Crippen LogP contribution in [0, 0.1) is 0 Å². The number of furan rings is 2. The lowest BCUT2D eigenvalue weighted by molar-refractivity contribution is 0.668. The maximum absolute atomic E-state index is 6.49. The van der Waals surface area contributed by atoms with Crippen LogP contribution < -0.4 is 4.90 Å². The molecule has 0 aliphatic heterocycles. The minimum Gasteiger partial charge on any atom is -0.456 e. The van der Waals surface area contributed by atoms with Gasteiger partial charge in [-0.2, -0.15) is 0 Å². The standard InChI is InChI=1S/C58H35NO2S/c1-2-10-39-33-40(18-17-36(39)9-1)37-19-25-43(26-20-37)59(44-27-21-38(22-28-44)41-24-32-54-51(34-41)47-12-4-7-15-53(47)60-54)57-45(30-31-50-49-13-5-8-16-56(49)62-58(50)57)42-23-29-48-46-11-3-6-14-52(46)61-55(48)35-42/h1-35H. The normalized spacial score (nSPS) is 11.9.